The molecule has 0 saturated heterocycles. The molecule has 0 bridgehead atoms. The first-order valence-electron chi connectivity index (χ1n) is 5.92. The average Bonchev–Trinajstić information content (AvgIpc) is 2.33. The molecule has 2 atom stereocenters. The second-order valence-electron chi connectivity index (χ2n) is 5.33. The molecule has 0 saturated carbocycles. The normalized spacial score (nSPS) is 15.5. The first kappa shape index (κ1) is 17.6. The van der Waals surface area contributed by atoms with E-state index < -0.39 is 38.6 Å². The summed E-state index contributed by atoms with van der Waals surface area (Å²) < 4.78 is 52.3. The highest BCUT2D eigenvalue weighted by Crippen LogP contribution is 2.35. The average molecular weight is 324 g/mol. The molecule has 118 valence electrons. The van der Waals surface area contributed by atoms with E-state index in [-0.39, 0.29) is 5.56 Å². The lowest BCUT2D eigenvalue weighted by Gasteiger charge is -2.26. The maximum absolute atomic E-state index is 13.1. The number of nitrogens with one attached hydrogen (secondary N) is 1. The van der Waals surface area contributed by atoms with Gasteiger partial charge < -0.3 is 0 Å². The van der Waals surface area contributed by atoms with Gasteiger partial charge in [-0.25, -0.2) is 8.93 Å². The number of benzene rings is 1. The van der Waals surface area contributed by atoms with Crippen LogP contribution in [-0.2, 0) is 11.0 Å². The number of alkyl halides is 3. The molecule has 1 rings (SSSR count). The van der Waals surface area contributed by atoms with Crippen LogP contribution in [0.2, 0.25) is 0 Å². The minimum atomic E-state index is -4.73. The van der Waals surface area contributed by atoms with Crippen LogP contribution in [0.4, 0.5) is 18.9 Å². The molecule has 21 heavy (non-hydrogen) atoms. The Morgan fingerprint density at radius 2 is 1.86 bits per heavy atom. The highest BCUT2D eigenvalue weighted by atomic mass is 32.2. The largest absolute Gasteiger partial charge is 0.408 e. The molecule has 0 aliphatic rings. The third-order valence-electron chi connectivity index (χ3n) is 2.52. The van der Waals surface area contributed by atoms with Gasteiger partial charge in [0, 0.05) is 12.1 Å². The van der Waals surface area contributed by atoms with Crippen molar-refractivity contribution in [1.82, 2.24) is 4.72 Å². The Kier molecular flexibility index (Phi) is 5.11. The quantitative estimate of drug-likeness (QED) is 0.682. The monoisotopic (exact) mass is 324 g/mol. The Morgan fingerprint density at radius 3 is 2.29 bits per heavy atom. The van der Waals surface area contributed by atoms with Gasteiger partial charge in [0.1, 0.15) is 6.04 Å². The van der Waals surface area contributed by atoms with Gasteiger partial charge in [-0.2, -0.15) is 13.2 Å². The number of hydrogen-bond acceptors (Lipinski definition) is 3. The third-order valence-corrected chi connectivity index (χ3v) is 4.08. The van der Waals surface area contributed by atoms with Crippen LogP contribution >= 0.6 is 0 Å². The van der Waals surface area contributed by atoms with Gasteiger partial charge in [0.15, 0.2) is 0 Å². The Balaban J connectivity index is 3.18. The maximum atomic E-state index is 13.1. The number of non-ortho nitro benzene ring substituents is 1. The van der Waals surface area contributed by atoms with Crippen molar-refractivity contribution in [3.05, 3.63) is 39.9 Å². The second-order valence-corrected chi connectivity index (χ2v) is 7.32. The first-order valence-corrected chi connectivity index (χ1v) is 7.07. The fourth-order valence-electron chi connectivity index (χ4n) is 1.43. The minimum Gasteiger partial charge on any atom is -0.258 e. The van der Waals surface area contributed by atoms with Gasteiger partial charge in [-0.15, -0.1) is 0 Å². The molecule has 0 aliphatic carbocycles. The number of rotatable bonds is 4. The number of nitro groups is 1. The van der Waals surface area contributed by atoms with E-state index in [0.717, 1.165) is 24.3 Å². The first-order chi connectivity index (χ1) is 9.43. The zero-order valence-corrected chi connectivity index (χ0v) is 12.4. The molecule has 1 N–H and O–H groups in total. The molecule has 1 aromatic carbocycles. The van der Waals surface area contributed by atoms with E-state index >= 15 is 0 Å². The molecule has 0 fully saturated rings. The Morgan fingerprint density at radius 1 is 1.29 bits per heavy atom. The number of nitro benzene ring substituents is 1. The van der Waals surface area contributed by atoms with Crippen LogP contribution in [0.1, 0.15) is 32.4 Å². The lowest BCUT2D eigenvalue weighted by molar-refractivity contribution is -0.385. The Hall–Kier alpha value is -1.48. The molecule has 1 aromatic rings. The summed E-state index contributed by atoms with van der Waals surface area (Å²) in [5, 5.41) is 10.7. The minimum absolute atomic E-state index is 0.352. The van der Waals surface area contributed by atoms with Crippen LogP contribution in [-0.4, -0.2) is 20.1 Å². The molecule has 9 heteroatoms. The molecular formula is C12H15F3N2O3S. The fourth-order valence-corrected chi connectivity index (χ4v) is 2.26. The van der Waals surface area contributed by atoms with Crippen LogP contribution < -0.4 is 4.72 Å². The van der Waals surface area contributed by atoms with Crippen molar-refractivity contribution >= 4 is 16.7 Å². The van der Waals surface area contributed by atoms with E-state index in [1.165, 1.54) is 20.8 Å². The second kappa shape index (κ2) is 6.10. The number of halogens is 3. The van der Waals surface area contributed by atoms with Crippen LogP contribution in [0, 0.1) is 10.1 Å². The Labute approximate surface area is 122 Å². The number of nitrogens with zero attached hydrogens (tertiary/aromatic N) is 1. The van der Waals surface area contributed by atoms with Crippen LogP contribution in [0.25, 0.3) is 0 Å². The zero-order chi connectivity index (χ0) is 16.4. The molecule has 1 unspecified atom stereocenters. The van der Waals surface area contributed by atoms with Crippen LogP contribution in [0.15, 0.2) is 24.3 Å². The van der Waals surface area contributed by atoms with Crippen LogP contribution in [0.5, 0.6) is 0 Å². The van der Waals surface area contributed by atoms with E-state index in [4.69, 9.17) is 0 Å². The molecule has 0 amide bonds. The van der Waals surface area contributed by atoms with Gasteiger partial charge in [0.05, 0.1) is 20.7 Å². The van der Waals surface area contributed by atoms with Crippen molar-refractivity contribution in [2.24, 2.45) is 0 Å². The van der Waals surface area contributed by atoms with Crippen molar-refractivity contribution < 1.29 is 22.3 Å². The molecular weight excluding hydrogens is 309 g/mol. The van der Waals surface area contributed by atoms with Crippen molar-refractivity contribution in [1.29, 1.82) is 0 Å². The summed E-state index contributed by atoms with van der Waals surface area (Å²) in [4.78, 5) is 9.87. The van der Waals surface area contributed by atoms with Crippen molar-refractivity contribution in [3.8, 4) is 0 Å². The van der Waals surface area contributed by atoms with E-state index in [1.807, 2.05) is 4.72 Å². The van der Waals surface area contributed by atoms with E-state index in [0.29, 0.717) is 0 Å². The summed E-state index contributed by atoms with van der Waals surface area (Å²) >= 11 is 0. The van der Waals surface area contributed by atoms with Gasteiger partial charge >= 0.3 is 6.18 Å². The van der Waals surface area contributed by atoms with Gasteiger partial charge in [-0.3, -0.25) is 10.1 Å². The molecule has 0 aromatic heterocycles. The highest BCUT2D eigenvalue weighted by molar-refractivity contribution is 7.84. The Bertz CT molecular complexity index is 555. The fraction of sp³-hybridized carbons (Fsp3) is 0.500. The van der Waals surface area contributed by atoms with Crippen molar-refractivity contribution in [2.45, 2.75) is 37.7 Å². The van der Waals surface area contributed by atoms with Crippen LogP contribution in [0.3, 0.4) is 0 Å². The van der Waals surface area contributed by atoms with Gasteiger partial charge in [0.25, 0.3) is 5.69 Å². The summed E-state index contributed by atoms with van der Waals surface area (Å²) in [7, 11) is -1.97. The van der Waals surface area contributed by atoms with Crippen molar-refractivity contribution in [3.63, 3.8) is 0 Å². The summed E-state index contributed by atoms with van der Waals surface area (Å²) in [6.07, 6.45) is -4.73. The summed E-state index contributed by atoms with van der Waals surface area (Å²) in [6, 6.07) is 1.95. The topological polar surface area (TPSA) is 72.2 Å². The molecule has 0 spiro atoms. The molecule has 0 aliphatic heterocycles. The summed E-state index contributed by atoms with van der Waals surface area (Å²) in [5.41, 5.74) is -0.806. The predicted octanol–water partition coefficient (Wildman–Crippen LogP) is 3.25. The predicted molar refractivity (Wildman–Crippen MR) is 72.9 cm³/mol. The van der Waals surface area contributed by atoms with Gasteiger partial charge in [-0.1, -0.05) is 12.1 Å². The summed E-state index contributed by atoms with van der Waals surface area (Å²) in [5.74, 6) is 0. The SMILES string of the molecule is CC(C)(C)S(=O)N[C@@H](c1cccc([N+](=O)[O-])c1)C(F)(F)F. The van der Waals surface area contributed by atoms with Gasteiger partial charge in [0.2, 0.25) is 0 Å². The standard InChI is InChI=1S/C12H15F3N2O3S/c1-11(2,3)21(20)16-10(12(13,14)15)8-5-4-6-9(7-8)17(18)19/h4-7,10,16H,1-3H3/t10-,21?/m0/s1. The zero-order valence-electron chi connectivity index (χ0n) is 11.6. The maximum Gasteiger partial charge on any atom is 0.408 e. The summed E-state index contributed by atoms with van der Waals surface area (Å²) in [6.45, 7) is 4.57. The van der Waals surface area contributed by atoms with Crippen molar-refractivity contribution in [2.75, 3.05) is 0 Å². The van der Waals surface area contributed by atoms with E-state index in [2.05, 4.69) is 0 Å². The lowest BCUT2D eigenvalue weighted by atomic mass is 10.1. The smallest absolute Gasteiger partial charge is 0.258 e. The van der Waals surface area contributed by atoms with E-state index in [1.54, 1.807) is 0 Å². The van der Waals surface area contributed by atoms with Gasteiger partial charge in [-0.05, 0) is 26.3 Å². The van der Waals surface area contributed by atoms with E-state index in [9.17, 15) is 27.5 Å². The lowest BCUT2D eigenvalue weighted by Crippen LogP contribution is -2.41. The number of hydrogen-bond donors (Lipinski definition) is 1. The molecule has 5 nitrogen and oxygen atoms in total. The molecule has 0 heterocycles. The molecule has 0 radical (unpaired) electrons. The third kappa shape index (κ3) is 4.78. The highest BCUT2D eigenvalue weighted by Gasteiger charge is 2.43.